The second-order valence-electron chi connectivity index (χ2n) is 4.98. The molecule has 0 saturated heterocycles. The molecule has 0 aliphatic carbocycles. The molecule has 0 radical (unpaired) electrons. The summed E-state index contributed by atoms with van der Waals surface area (Å²) in [6, 6.07) is 12.6. The summed E-state index contributed by atoms with van der Waals surface area (Å²) in [5, 5.41) is 0. The van der Waals surface area contributed by atoms with Crippen LogP contribution in [0.4, 0.5) is 0 Å². The van der Waals surface area contributed by atoms with Crippen molar-refractivity contribution in [1.29, 1.82) is 0 Å². The molecule has 2 aromatic rings. The molecule has 0 heterocycles. The number of methoxy groups -OCH3 is 1. The van der Waals surface area contributed by atoms with Crippen LogP contribution in [-0.4, -0.2) is 25.5 Å². The first-order valence-electron chi connectivity index (χ1n) is 7.47. The third-order valence-corrected chi connectivity index (χ3v) is 4.24. The van der Waals surface area contributed by atoms with Crippen LogP contribution < -0.4 is 20.3 Å². The van der Waals surface area contributed by atoms with Gasteiger partial charge in [0.25, 0.3) is 11.8 Å². The molecule has 2 N–H and O–H groups in total. The first-order chi connectivity index (χ1) is 12.5. The Morgan fingerprint density at radius 3 is 2.58 bits per heavy atom. The molecule has 2 amide bonds. The molecule has 2 rings (SSSR count). The third kappa shape index (κ3) is 6.20. The fourth-order valence-electron chi connectivity index (χ4n) is 1.91. The van der Waals surface area contributed by atoms with E-state index in [2.05, 4.69) is 42.7 Å². The zero-order valence-electron chi connectivity index (χ0n) is 13.8. The van der Waals surface area contributed by atoms with Crippen LogP contribution in [0.25, 0.3) is 6.08 Å². The van der Waals surface area contributed by atoms with E-state index >= 15 is 0 Å². The second-order valence-corrected chi connectivity index (χ2v) is 6.75. The SMILES string of the molecule is COc1ccccc1C=CC(=O)NNC(=O)COc1ccc(Br)cc1Br. The molecule has 6 nitrogen and oxygen atoms in total. The van der Waals surface area contributed by atoms with Crippen LogP contribution in [0.15, 0.2) is 57.5 Å². The summed E-state index contributed by atoms with van der Waals surface area (Å²) in [5.41, 5.74) is 5.31. The Hall–Kier alpha value is -2.32. The number of carbonyl (C=O) groups is 2. The molecule has 0 saturated carbocycles. The zero-order valence-corrected chi connectivity index (χ0v) is 17.0. The van der Waals surface area contributed by atoms with Gasteiger partial charge in [0.2, 0.25) is 0 Å². The lowest BCUT2D eigenvalue weighted by Crippen LogP contribution is -2.43. The molecule has 2 aromatic carbocycles. The third-order valence-electron chi connectivity index (χ3n) is 3.13. The van der Waals surface area contributed by atoms with Gasteiger partial charge in [-0.25, -0.2) is 0 Å². The molecule has 136 valence electrons. The van der Waals surface area contributed by atoms with Gasteiger partial charge in [-0.2, -0.15) is 0 Å². The van der Waals surface area contributed by atoms with Crippen molar-refractivity contribution in [3.8, 4) is 11.5 Å². The fraction of sp³-hybridized carbons (Fsp3) is 0.111. The number of rotatable bonds is 6. The van der Waals surface area contributed by atoms with Crippen molar-refractivity contribution in [3.05, 3.63) is 63.0 Å². The summed E-state index contributed by atoms with van der Waals surface area (Å²) in [4.78, 5) is 23.5. The first-order valence-corrected chi connectivity index (χ1v) is 9.06. The van der Waals surface area contributed by atoms with Gasteiger partial charge in [-0.1, -0.05) is 34.1 Å². The lowest BCUT2D eigenvalue weighted by atomic mass is 10.2. The van der Waals surface area contributed by atoms with Gasteiger partial charge >= 0.3 is 0 Å². The highest BCUT2D eigenvalue weighted by atomic mass is 79.9. The summed E-state index contributed by atoms with van der Waals surface area (Å²) in [6.07, 6.45) is 2.89. The number of hydrogen-bond donors (Lipinski definition) is 2. The number of ether oxygens (including phenoxy) is 2. The minimum atomic E-state index is -0.487. The van der Waals surface area contributed by atoms with Gasteiger partial charge in [0.05, 0.1) is 11.6 Å². The molecule has 0 aliphatic heterocycles. The highest BCUT2D eigenvalue weighted by Crippen LogP contribution is 2.28. The topological polar surface area (TPSA) is 76.7 Å². The molecular formula is C18H16Br2N2O4. The number of carbonyl (C=O) groups excluding carboxylic acids is 2. The minimum Gasteiger partial charge on any atom is -0.496 e. The van der Waals surface area contributed by atoms with Crippen LogP contribution in [0.1, 0.15) is 5.56 Å². The zero-order chi connectivity index (χ0) is 18.9. The quantitative estimate of drug-likeness (QED) is 0.487. The molecule has 0 spiro atoms. The standard InChI is InChI=1S/C18H16Br2N2O4/c1-25-15-5-3-2-4-12(15)6-9-17(23)21-22-18(24)11-26-16-8-7-13(19)10-14(16)20/h2-10H,11H2,1H3,(H,21,23)(H,22,24). The van der Waals surface area contributed by atoms with Crippen LogP contribution in [-0.2, 0) is 9.59 Å². The van der Waals surface area contributed by atoms with Crippen molar-refractivity contribution in [2.75, 3.05) is 13.7 Å². The Labute approximate surface area is 167 Å². The van der Waals surface area contributed by atoms with E-state index in [9.17, 15) is 9.59 Å². The molecule has 8 heteroatoms. The van der Waals surface area contributed by atoms with E-state index < -0.39 is 11.8 Å². The van der Waals surface area contributed by atoms with Crippen molar-refractivity contribution in [3.63, 3.8) is 0 Å². The number of hydrogen-bond acceptors (Lipinski definition) is 4. The molecular weight excluding hydrogens is 468 g/mol. The van der Waals surface area contributed by atoms with Crippen molar-refractivity contribution in [1.82, 2.24) is 10.9 Å². The van der Waals surface area contributed by atoms with Gasteiger partial charge in [-0.05, 0) is 46.3 Å². The van der Waals surface area contributed by atoms with E-state index in [1.54, 1.807) is 37.5 Å². The van der Waals surface area contributed by atoms with Gasteiger partial charge in [0.1, 0.15) is 11.5 Å². The Morgan fingerprint density at radius 2 is 1.85 bits per heavy atom. The fourth-order valence-corrected chi connectivity index (χ4v) is 3.08. The molecule has 0 aliphatic rings. The van der Waals surface area contributed by atoms with E-state index in [-0.39, 0.29) is 6.61 Å². The molecule has 0 unspecified atom stereocenters. The summed E-state index contributed by atoms with van der Waals surface area (Å²) >= 11 is 6.67. The Morgan fingerprint density at radius 1 is 1.08 bits per heavy atom. The molecule has 0 bridgehead atoms. The Kier molecular flexibility index (Phi) is 7.68. The van der Waals surface area contributed by atoms with Crippen molar-refractivity contribution >= 4 is 49.8 Å². The summed E-state index contributed by atoms with van der Waals surface area (Å²) in [6.45, 7) is -0.239. The number of nitrogens with one attached hydrogen (secondary N) is 2. The highest BCUT2D eigenvalue weighted by molar-refractivity contribution is 9.11. The number of para-hydroxylation sites is 1. The van der Waals surface area contributed by atoms with Gasteiger partial charge < -0.3 is 9.47 Å². The number of amides is 2. The lowest BCUT2D eigenvalue weighted by molar-refractivity contribution is -0.128. The van der Waals surface area contributed by atoms with Gasteiger partial charge in [0.15, 0.2) is 6.61 Å². The normalized spacial score (nSPS) is 10.4. The predicted octanol–water partition coefficient (Wildman–Crippen LogP) is 3.46. The second kappa shape index (κ2) is 9.98. The van der Waals surface area contributed by atoms with Crippen LogP contribution in [0, 0.1) is 0 Å². The van der Waals surface area contributed by atoms with Crippen molar-refractivity contribution in [2.24, 2.45) is 0 Å². The number of hydrazine groups is 1. The molecule has 0 atom stereocenters. The maximum Gasteiger partial charge on any atom is 0.276 e. The summed E-state index contributed by atoms with van der Waals surface area (Å²) in [7, 11) is 1.55. The first kappa shape index (κ1) is 20.0. The van der Waals surface area contributed by atoms with Gasteiger partial charge in [-0.15, -0.1) is 0 Å². The Balaban J connectivity index is 1.79. The predicted molar refractivity (Wildman–Crippen MR) is 106 cm³/mol. The van der Waals surface area contributed by atoms with Gasteiger partial charge in [0, 0.05) is 16.1 Å². The smallest absolute Gasteiger partial charge is 0.276 e. The van der Waals surface area contributed by atoms with Crippen LogP contribution in [0.2, 0.25) is 0 Å². The highest BCUT2D eigenvalue weighted by Gasteiger charge is 2.07. The Bertz CT molecular complexity index is 825. The number of halogens is 2. The van der Waals surface area contributed by atoms with E-state index in [1.807, 2.05) is 18.2 Å². The van der Waals surface area contributed by atoms with Gasteiger partial charge in [-0.3, -0.25) is 20.4 Å². The van der Waals surface area contributed by atoms with E-state index in [0.29, 0.717) is 16.0 Å². The van der Waals surface area contributed by atoms with E-state index in [4.69, 9.17) is 9.47 Å². The van der Waals surface area contributed by atoms with Crippen LogP contribution >= 0.6 is 31.9 Å². The maximum absolute atomic E-state index is 11.8. The largest absolute Gasteiger partial charge is 0.496 e. The maximum atomic E-state index is 11.8. The van der Waals surface area contributed by atoms with Crippen LogP contribution in [0.5, 0.6) is 11.5 Å². The minimum absolute atomic E-state index is 0.239. The van der Waals surface area contributed by atoms with Crippen molar-refractivity contribution < 1.29 is 19.1 Å². The average molecular weight is 484 g/mol. The molecule has 26 heavy (non-hydrogen) atoms. The number of benzene rings is 2. The van der Waals surface area contributed by atoms with E-state index in [0.717, 1.165) is 10.0 Å². The average Bonchev–Trinajstić information content (AvgIpc) is 2.64. The molecule has 0 fully saturated rings. The van der Waals surface area contributed by atoms with E-state index in [1.165, 1.54) is 6.08 Å². The monoisotopic (exact) mass is 482 g/mol. The summed E-state index contributed by atoms with van der Waals surface area (Å²) in [5.74, 6) is 0.202. The molecule has 0 aromatic heterocycles. The van der Waals surface area contributed by atoms with Crippen molar-refractivity contribution in [2.45, 2.75) is 0 Å². The lowest BCUT2D eigenvalue weighted by Gasteiger charge is -2.09. The van der Waals surface area contributed by atoms with Crippen LogP contribution in [0.3, 0.4) is 0 Å². The summed E-state index contributed by atoms with van der Waals surface area (Å²) < 4.78 is 12.2.